The number of methoxy groups -OCH3 is 1. The number of carbonyl (C=O) groups is 3. The maximum atomic E-state index is 12.0. The van der Waals surface area contributed by atoms with Crippen LogP contribution in [0.3, 0.4) is 0 Å². The second kappa shape index (κ2) is 8.47. The number of hydrogen-bond donors (Lipinski definition) is 0. The van der Waals surface area contributed by atoms with E-state index in [1.165, 1.54) is 0 Å². The van der Waals surface area contributed by atoms with Crippen LogP contribution in [0.1, 0.15) is 20.7 Å². The SMILES string of the molecule is COC(=O)[C@H](COC(=O)c1ccccc1)OC(=O)c1ccccc1. The third-order valence-electron chi connectivity index (χ3n) is 3.10. The number of benzene rings is 2. The Hall–Kier alpha value is -3.15. The van der Waals surface area contributed by atoms with Crippen molar-refractivity contribution in [1.82, 2.24) is 0 Å². The summed E-state index contributed by atoms with van der Waals surface area (Å²) >= 11 is 0. The Morgan fingerprint density at radius 2 is 1.33 bits per heavy atom. The molecule has 1 atom stereocenters. The summed E-state index contributed by atoms with van der Waals surface area (Å²) in [4.78, 5) is 35.7. The Morgan fingerprint density at radius 3 is 1.83 bits per heavy atom. The molecule has 2 rings (SSSR count). The number of esters is 3. The lowest BCUT2D eigenvalue weighted by Gasteiger charge is -2.16. The molecular weight excluding hydrogens is 312 g/mol. The Kier molecular flexibility index (Phi) is 6.08. The van der Waals surface area contributed by atoms with Crippen molar-refractivity contribution in [3.63, 3.8) is 0 Å². The van der Waals surface area contributed by atoms with E-state index >= 15 is 0 Å². The van der Waals surface area contributed by atoms with Gasteiger partial charge in [-0.25, -0.2) is 14.4 Å². The van der Waals surface area contributed by atoms with Crippen molar-refractivity contribution in [1.29, 1.82) is 0 Å². The van der Waals surface area contributed by atoms with Gasteiger partial charge in [-0.05, 0) is 24.3 Å². The smallest absolute Gasteiger partial charge is 0.350 e. The summed E-state index contributed by atoms with van der Waals surface area (Å²) in [5.41, 5.74) is 0.608. The molecule has 0 unspecified atom stereocenters. The molecule has 0 aliphatic carbocycles. The minimum Gasteiger partial charge on any atom is -0.466 e. The molecular formula is C18H16O6. The van der Waals surface area contributed by atoms with E-state index in [1.807, 2.05) is 0 Å². The molecule has 124 valence electrons. The number of ether oxygens (including phenoxy) is 3. The van der Waals surface area contributed by atoms with Crippen LogP contribution in [0.4, 0.5) is 0 Å². The van der Waals surface area contributed by atoms with Gasteiger partial charge in [0.2, 0.25) is 6.10 Å². The van der Waals surface area contributed by atoms with Crippen molar-refractivity contribution in [3.05, 3.63) is 71.8 Å². The predicted molar refractivity (Wildman–Crippen MR) is 84.4 cm³/mol. The molecule has 0 spiro atoms. The summed E-state index contributed by atoms with van der Waals surface area (Å²) in [5.74, 6) is -2.14. The molecule has 24 heavy (non-hydrogen) atoms. The van der Waals surface area contributed by atoms with Crippen molar-refractivity contribution < 1.29 is 28.6 Å². The molecule has 0 amide bonds. The van der Waals surface area contributed by atoms with E-state index < -0.39 is 30.6 Å². The van der Waals surface area contributed by atoms with E-state index in [1.54, 1.807) is 60.7 Å². The standard InChI is InChI=1S/C18H16O6/c1-22-18(21)15(24-17(20)14-10-6-3-7-11-14)12-23-16(19)13-8-4-2-5-9-13/h2-11,15H,12H2,1H3/t15-/m0/s1. The van der Waals surface area contributed by atoms with Gasteiger partial charge in [0, 0.05) is 0 Å². The molecule has 2 aromatic rings. The lowest BCUT2D eigenvalue weighted by Crippen LogP contribution is -2.33. The van der Waals surface area contributed by atoms with Crippen LogP contribution in [-0.4, -0.2) is 37.7 Å². The van der Waals surface area contributed by atoms with Gasteiger partial charge in [0.15, 0.2) is 0 Å². The van der Waals surface area contributed by atoms with E-state index in [0.29, 0.717) is 5.56 Å². The first-order valence-corrected chi connectivity index (χ1v) is 7.18. The Balaban J connectivity index is 2.00. The predicted octanol–water partition coefficient (Wildman–Crippen LogP) is 2.24. The molecule has 0 saturated heterocycles. The molecule has 6 heteroatoms. The highest BCUT2D eigenvalue weighted by molar-refractivity contribution is 5.92. The van der Waals surface area contributed by atoms with Gasteiger partial charge in [-0.1, -0.05) is 36.4 Å². The quantitative estimate of drug-likeness (QED) is 0.598. The van der Waals surface area contributed by atoms with Crippen LogP contribution in [0.5, 0.6) is 0 Å². The number of hydrogen-bond acceptors (Lipinski definition) is 6. The molecule has 0 N–H and O–H groups in total. The van der Waals surface area contributed by atoms with Gasteiger partial charge < -0.3 is 14.2 Å². The van der Waals surface area contributed by atoms with E-state index in [2.05, 4.69) is 4.74 Å². The van der Waals surface area contributed by atoms with Crippen LogP contribution in [0.15, 0.2) is 60.7 Å². The third-order valence-corrected chi connectivity index (χ3v) is 3.10. The zero-order valence-electron chi connectivity index (χ0n) is 13.0. The first-order valence-electron chi connectivity index (χ1n) is 7.18. The minimum absolute atomic E-state index is 0.279. The maximum absolute atomic E-state index is 12.0. The Labute approximate surface area is 139 Å². The molecule has 6 nitrogen and oxygen atoms in total. The topological polar surface area (TPSA) is 78.9 Å². The molecule has 0 radical (unpaired) electrons. The van der Waals surface area contributed by atoms with E-state index in [9.17, 15) is 14.4 Å². The highest BCUT2D eigenvalue weighted by Crippen LogP contribution is 2.08. The lowest BCUT2D eigenvalue weighted by molar-refractivity contribution is -0.153. The van der Waals surface area contributed by atoms with Crippen molar-refractivity contribution in [2.75, 3.05) is 13.7 Å². The summed E-state index contributed by atoms with van der Waals surface area (Å²) < 4.78 is 14.7. The van der Waals surface area contributed by atoms with E-state index in [4.69, 9.17) is 9.47 Å². The van der Waals surface area contributed by atoms with Crippen molar-refractivity contribution in [3.8, 4) is 0 Å². The Morgan fingerprint density at radius 1 is 0.833 bits per heavy atom. The molecule has 0 heterocycles. The van der Waals surface area contributed by atoms with Gasteiger partial charge in [0.1, 0.15) is 6.61 Å². The van der Waals surface area contributed by atoms with Gasteiger partial charge in [0.05, 0.1) is 18.2 Å². The van der Waals surface area contributed by atoms with Crippen LogP contribution < -0.4 is 0 Å². The molecule has 0 saturated carbocycles. The molecule has 0 aliphatic heterocycles. The fourth-order valence-electron chi connectivity index (χ4n) is 1.86. The summed E-state index contributed by atoms with van der Waals surface area (Å²) in [6.45, 7) is -0.432. The highest BCUT2D eigenvalue weighted by Gasteiger charge is 2.26. The van der Waals surface area contributed by atoms with E-state index in [-0.39, 0.29) is 5.56 Å². The van der Waals surface area contributed by atoms with Gasteiger partial charge in [0.25, 0.3) is 0 Å². The van der Waals surface area contributed by atoms with Gasteiger partial charge in [-0.15, -0.1) is 0 Å². The Bertz CT molecular complexity index is 696. The van der Waals surface area contributed by atoms with E-state index in [0.717, 1.165) is 7.11 Å². The van der Waals surface area contributed by atoms with Crippen molar-refractivity contribution >= 4 is 17.9 Å². The van der Waals surface area contributed by atoms with Crippen LogP contribution in [0.25, 0.3) is 0 Å². The average Bonchev–Trinajstić information content (AvgIpc) is 2.65. The van der Waals surface area contributed by atoms with Crippen LogP contribution >= 0.6 is 0 Å². The largest absolute Gasteiger partial charge is 0.466 e. The lowest BCUT2D eigenvalue weighted by atomic mass is 10.2. The van der Waals surface area contributed by atoms with Gasteiger partial charge >= 0.3 is 17.9 Å². The number of rotatable bonds is 6. The average molecular weight is 328 g/mol. The fraction of sp³-hybridized carbons (Fsp3) is 0.167. The maximum Gasteiger partial charge on any atom is 0.350 e. The van der Waals surface area contributed by atoms with Crippen molar-refractivity contribution in [2.45, 2.75) is 6.10 Å². The summed E-state index contributed by atoms with van der Waals surface area (Å²) in [5, 5.41) is 0. The molecule has 0 fully saturated rings. The first-order chi connectivity index (χ1) is 11.6. The second-order valence-corrected chi connectivity index (χ2v) is 4.75. The second-order valence-electron chi connectivity index (χ2n) is 4.75. The van der Waals surface area contributed by atoms with Crippen LogP contribution in [-0.2, 0) is 19.0 Å². The van der Waals surface area contributed by atoms with Crippen LogP contribution in [0, 0.1) is 0 Å². The van der Waals surface area contributed by atoms with Crippen LogP contribution in [0.2, 0.25) is 0 Å². The summed E-state index contributed by atoms with van der Waals surface area (Å²) in [7, 11) is 1.16. The van der Waals surface area contributed by atoms with Gasteiger partial charge in [-0.3, -0.25) is 0 Å². The summed E-state index contributed by atoms with van der Waals surface area (Å²) in [6, 6.07) is 16.5. The molecule has 0 aliphatic rings. The van der Waals surface area contributed by atoms with Crippen molar-refractivity contribution in [2.24, 2.45) is 0 Å². The molecule has 0 bridgehead atoms. The highest BCUT2D eigenvalue weighted by atomic mass is 16.6. The molecule has 2 aromatic carbocycles. The monoisotopic (exact) mass is 328 g/mol. The fourth-order valence-corrected chi connectivity index (χ4v) is 1.86. The zero-order chi connectivity index (χ0) is 17.4. The first kappa shape index (κ1) is 17.2. The number of carbonyl (C=O) groups excluding carboxylic acids is 3. The normalized spacial score (nSPS) is 11.2. The zero-order valence-corrected chi connectivity index (χ0v) is 13.0. The van der Waals surface area contributed by atoms with Gasteiger partial charge in [-0.2, -0.15) is 0 Å². The molecule has 0 aromatic heterocycles. The third kappa shape index (κ3) is 4.67. The minimum atomic E-state index is -1.34. The summed E-state index contributed by atoms with van der Waals surface area (Å²) in [6.07, 6.45) is -1.34.